The van der Waals surface area contributed by atoms with Crippen molar-refractivity contribution in [3.63, 3.8) is 0 Å². The average molecular weight is 383 g/mol. The van der Waals surface area contributed by atoms with Gasteiger partial charge in [-0.1, -0.05) is 42.1 Å². The monoisotopic (exact) mass is 383 g/mol. The molecule has 0 aliphatic rings. The molecule has 1 aromatic heterocycles. The fourth-order valence-corrected chi connectivity index (χ4v) is 3.34. The van der Waals surface area contributed by atoms with Gasteiger partial charge in [0.1, 0.15) is 0 Å². The van der Waals surface area contributed by atoms with Gasteiger partial charge in [0.05, 0.1) is 11.5 Å². The predicted molar refractivity (Wildman–Crippen MR) is 102 cm³/mol. The summed E-state index contributed by atoms with van der Waals surface area (Å²) in [7, 11) is 0. The van der Waals surface area contributed by atoms with Gasteiger partial charge >= 0.3 is 0 Å². The van der Waals surface area contributed by atoms with Crippen LogP contribution in [0.5, 0.6) is 0 Å². The Balaban J connectivity index is 1.90. The first-order valence-electron chi connectivity index (χ1n) is 8.15. The summed E-state index contributed by atoms with van der Waals surface area (Å²) in [4.78, 5) is 21.7. The summed E-state index contributed by atoms with van der Waals surface area (Å²) >= 11 is 1.50. The topological polar surface area (TPSA) is 103 Å². The summed E-state index contributed by atoms with van der Waals surface area (Å²) in [5.74, 6) is 1.08. The molecule has 0 saturated heterocycles. The standard InChI is InChI=1S/C18H17N5O3S/c1-13(24)19-11-17-20-21-18(27-12-14-5-3-2-4-6-14)22(17)15-7-9-16(10-8-15)23(25)26/h2-10H,11-12H2,1H3,(H,19,24). The van der Waals surface area contributed by atoms with E-state index in [1.807, 2.05) is 30.3 Å². The van der Waals surface area contributed by atoms with Crippen molar-refractivity contribution >= 4 is 23.4 Å². The maximum atomic E-state index is 11.3. The van der Waals surface area contributed by atoms with Gasteiger partial charge in [-0.15, -0.1) is 10.2 Å². The molecule has 3 rings (SSSR count). The molecule has 0 aliphatic heterocycles. The second-order valence-corrected chi connectivity index (χ2v) is 6.63. The molecule has 0 fully saturated rings. The molecule has 0 atom stereocenters. The van der Waals surface area contributed by atoms with Crippen molar-refractivity contribution in [2.24, 2.45) is 0 Å². The maximum absolute atomic E-state index is 11.3. The Kier molecular flexibility index (Phi) is 5.82. The second-order valence-electron chi connectivity index (χ2n) is 5.69. The van der Waals surface area contributed by atoms with E-state index in [0.29, 0.717) is 22.4 Å². The highest BCUT2D eigenvalue weighted by molar-refractivity contribution is 7.98. The van der Waals surface area contributed by atoms with Crippen LogP contribution in [0.15, 0.2) is 59.8 Å². The molecule has 0 unspecified atom stereocenters. The van der Waals surface area contributed by atoms with Crippen LogP contribution in [0.25, 0.3) is 5.69 Å². The lowest BCUT2D eigenvalue weighted by Gasteiger charge is -2.10. The number of nitrogens with zero attached hydrogens (tertiary/aromatic N) is 4. The van der Waals surface area contributed by atoms with Crippen molar-refractivity contribution < 1.29 is 9.72 Å². The molecule has 9 heteroatoms. The molecule has 2 aromatic carbocycles. The Labute approximate surface area is 159 Å². The zero-order valence-corrected chi connectivity index (χ0v) is 15.3. The molecule has 0 bridgehead atoms. The summed E-state index contributed by atoms with van der Waals surface area (Å²) in [5, 5.41) is 22.7. The van der Waals surface area contributed by atoms with Crippen molar-refractivity contribution in [2.45, 2.75) is 24.4 Å². The molecule has 0 aliphatic carbocycles. The van der Waals surface area contributed by atoms with Crippen LogP contribution in [0.1, 0.15) is 18.3 Å². The minimum atomic E-state index is -0.445. The first kappa shape index (κ1) is 18.6. The van der Waals surface area contributed by atoms with Crippen LogP contribution in [0.4, 0.5) is 5.69 Å². The van der Waals surface area contributed by atoms with Gasteiger partial charge in [-0.05, 0) is 17.7 Å². The van der Waals surface area contributed by atoms with E-state index in [9.17, 15) is 14.9 Å². The van der Waals surface area contributed by atoms with Gasteiger partial charge in [0.25, 0.3) is 5.69 Å². The summed E-state index contributed by atoms with van der Waals surface area (Å²) in [6.07, 6.45) is 0. The molecule has 0 spiro atoms. The van der Waals surface area contributed by atoms with E-state index in [2.05, 4.69) is 15.5 Å². The molecule has 1 heterocycles. The minimum Gasteiger partial charge on any atom is -0.349 e. The molecular weight excluding hydrogens is 366 g/mol. The molecule has 3 aromatic rings. The molecule has 27 heavy (non-hydrogen) atoms. The predicted octanol–water partition coefficient (Wildman–Crippen LogP) is 3.10. The minimum absolute atomic E-state index is 0.00808. The van der Waals surface area contributed by atoms with Gasteiger partial charge in [-0.3, -0.25) is 19.5 Å². The lowest BCUT2D eigenvalue weighted by molar-refractivity contribution is -0.384. The fraction of sp³-hybridized carbons (Fsp3) is 0.167. The van der Waals surface area contributed by atoms with Gasteiger partial charge in [0.2, 0.25) is 5.91 Å². The van der Waals surface area contributed by atoms with E-state index in [1.165, 1.54) is 30.8 Å². The lowest BCUT2D eigenvalue weighted by atomic mass is 10.2. The Morgan fingerprint density at radius 2 is 1.85 bits per heavy atom. The summed E-state index contributed by atoms with van der Waals surface area (Å²) in [5.41, 5.74) is 1.85. The van der Waals surface area contributed by atoms with Gasteiger partial charge in [0.15, 0.2) is 11.0 Å². The van der Waals surface area contributed by atoms with Gasteiger partial charge < -0.3 is 5.32 Å². The van der Waals surface area contributed by atoms with Crippen LogP contribution in [-0.4, -0.2) is 25.6 Å². The van der Waals surface area contributed by atoms with E-state index < -0.39 is 4.92 Å². The number of thioether (sulfide) groups is 1. The first-order chi connectivity index (χ1) is 13.0. The number of carbonyl (C=O) groups excluding carboxylic acids is 1. The number of rotatable bonds is 7. The molecule has 1 amide bonds. The van der Waals surface area contributed by atoms with Gasteiger partial charge in [-0.2, -0.15) is 0 Å². The van der Waals surface area contributed by atoms with Crippen molar-refractivity contribution in [1.29, 1.82) is 0 Å². The number of nitrogens with one attached hydrogen (secondary N) is 1. The van der Waals surface area contributed by atoms with E-state index in [4.69, 9.17) is 0 Å². The van der Waals surface area contributed by atoms with E-state index in [0.717, 1.165) is 5.56 Å². The maximum Gasteiger partial charge on any atom is 0.269 e. The number of aromatic nitrogens is 3. The highest BCUT2D eigenvalue weighted by Gasteiger charge is 2.16. The van der Waals surface area contributed by atoms with E-state index >= 15 is 0 Å². The Morgan fingerprint density at radius 1 is 1.15 bits per heavy atom. The van der Waals surface area contributed by atoms with Crippen LogP contribution in [-0.2, 0) is 17.1 Å². The molecule has 1 N–H and O–H groups in total. The molecule has 0 saturated carbocycles. The largest absolute Gasteiger partial charge is 0.349 e. The van der Waals surface area contributed by atoms with Crippen molar-refractivity contribution in [3.05, 3.63) is 76.1 Å². The van der Waals surface area contributed by atoms with Crippen LogP contribution in [0.3, 0.4) is 0 Å². The lowest BCUT2D eigenvalue weighted by Crippen LogP contribution is -2.21. The third kappa shape index (κ3) is 4.70. The highest BCUT2D eigenvalue weighted by atomic mass is 32.2. The highest BCUT2D eigenvalue weighted by Crippen LogP contribution is 2.26. The summed E-state index contributed by atoms with van der Waals surface area (Å²) < 4.78 is 1.80. The fourth-order valence-electron chi connectivity index (χ4n) is 2.42. The molecule has 8 nitrogen and oxygen atoms in total. The van der Waals surface area contributed by atoms with Crippen molar-refractivity contribution in [2.75, 3.05) is 0 Å². The number of hydrogen-bond acceptors (Lipinski definition) is 6. The number of hydrogen-bond donors (Lipinski definition) is 1. The first-order valence-corrected chi connectivity index (χ1v) is 9.13. The van der Waals surface area contributed by atoms with E-state index in [-0.39, 0.29) is 18.1 Å². The van der Waals surface area contributed by atoms with Crippen LogP contribution in [0.2, 0.25) is 0 Å². The van der Waals surface area contributed by atoms with Crippen molar-refractivity contribution in [1.82, 2.24) is 20.1 Å². The average Bonchev–Trinajstić information content (AvgIpc) is 3.08. The Morgan fingerprint density at radius 3 is 2.48 bits per heavy atom. The number of nitro benzene ring substituents is 1. The third-order valence-corrected chi connectivity index (χ3v) is 4.73. The number of carbonyl (C=O) groups is 1. The van der Waals surface area contributed by atoms with Crippen LogP contribution < -0.4 is 5.32 Å². The normalized spacial score (nSPS) is 10.6. The third-order valence-electron chi connectivity index (χ3n) is 3.73. The molecule has 138 valence electrons. The zero-order valence-electron chi connectivity index (χ0n) is 14.5. The second kappa shape index (κ2) is 8.45. The zero-order chi connectivity index (χ0) is 19.2. The number of nitro groups is 1. The van der Waals surface area contributed by atoms with Crippen molar-refractivity contribution in [3.8, 4) is 5.69 Å². The summed E-state index contributed by atoms with van der Waals surface area (Å²) in [6.45, 7) is 1.64. The van der Waals surface area contributed by atoms with Crippen LogP contribution >= 0.6 is 11.8 Å². The summed E-state index contributed by atoms with van der Waals surface area (Å²) in [6, 6.07) is 16.1. The molecular formula is C18H17N5O3S. The van der Waals surface area contributed by atoms with Gasteiger partial charge in [-0.25, -0.2) is 0 Å². The smallest absolute Gasteiger partial charge is 0.269 e. The van der Waals surface area contributed by atoms with E-state index in [1.54, 1.807) is 16.7 Å². The SMILES string of the molecule is CC(=O)NCc1nnc(SCc2ccccc2)n1-c1ccc([N+](=O)[O-])cc1. The van der Waals surface area contributed by atoms with Crippen LogP contribution in [0, 0.1) is 10.1 Å². The van der Waals surface area contributed by atoms with Gasteiger partial charge in [0, 0.05) is 30.5 Å². The number of non-ortho nitro benzene ring substituents is 1. The molecule has 0 radical (unpaired) electrons. The quantitative estimate of drug-likeness (QED) is 0.382. The number of amides is 1. The Hall–Kier alpha value is -3.20. The Bertz CT molecular complexity index is 941. The number of benzene rings is 2.